The van der Waals surface area contributed by atoms with Crippen LogP contribution in [0, 0.1) is 0 Å². The van der Waals surface area contributed by atoms with Crippen LogP contribution in [0.2, 0.25) is 0 Å². The van der Waals surface area contributed by atoms with E-state index < -0.39 is 17.8 Å². The Bertz CT molecular complexity index is 741. The van der Waals surface area contributed by atoms with Crippen LogP contribution >= 0.6 is 11.3 Å². The highest BCUT2D eigenvalue weighted by Crippen LogP contribution is 2.30. The third kappa shape index (κ3) is 4.90. The van der Waals surface area contributed by atoms with E-state index in [1.165, 1.54) is 23.3 Å². The predicted molar refractivity (Wildman–Crippen MR) is 94.5 cm³/mol. The van der Waals surface area contributed by atoms with Gasteiger partial charge in [-0.15, -0.1) is 11.3 Å². The highest BCUT2D eigenvalue weighted by atomic mass is 32.1. The molecule has 0 fully saturated rings. The van der Waals surface area contributed by atoms with E-state index in [9.17, 15) is 14.4 Å². The number of ether oxygens (including phenoxy) is 2. The number of anilines is 1. The Kier molecular flexibility index (Phi) is 6.71. The first kappa shape index (κ1) is 18.7. The Morgan fingerprint density at radius 3 is 2.48 bits per heavy atom. The summed E-state index contributed by atoms with van der Waals surface area (Å²) in [5.41, 5.74) is 1.17. The zero-order valence-corrected chi connectivity index (χ0v) is 14.9. The molecular formula is C18H19NO5S. The summed E-state index contributed by atoms with van der Waals surface area (Å²) in [4.78, 5) is 37.7. The van der Waals surface area contributed by atoms with E-state index in [1.54, 1.807) is 18.4 Å². The van der Waals surface area contributed by atoms with E-state index in [-0.39, 0.29) is 19.6 Å². The molecule has 1 aromatic carbocycles. The van der Waals surface area contributed by atoms with Crippen LogP contribution in [0.3, 0.4) is 0 Å². The molecule has 0 radical (unpaired) electrons. The van der Waals surface area contributed by atoms with Crippen molar-refractivity contribution < 1.29 is 23.9 Å². The molecule has 0 saturated carbocycles. The topological polar surface area (TPSA) is 72.9 Å². The number of carbonyl (C=O) groups is 3. The van der Waals surface area contributed by atoms with Crippen LogP contribution in [0.25, 0.3) is 0 Å². The normalized spacial score (nSPS) is 10.2. The molecule has 132 valence electrons. The molecule has 0 saturated heterocycles. The maximum atomic E-state index is 12.7. The number of hydrogen-bond acceptors (Lipinski definition) is 6. The van der Waals surface area contributed by atoms with Crippen LogP contribution in [-0.2, 0) is 25.6 Å². The first-order chi connectivity index (χ1) is 12.1. The molecule has 1 aromatic heterocycles. The minimum Gasteiger partial charge on any atom is -0.466 e. The summed E-state index contributed by atoms with van der Waals surface area (Å²) < 4.78 is 9.63. The second kappa shape index (κ2) is 8.98. The predicted octanol–water partition coefficient (Wildman–Crippen LogP) is 3.02. The van der Waals surface area contributed by atoms with Crippen LogP contribution in [-0.4, -0.2) is 31.6 Å². The Morgan fingerprint density at radius 1 is 1.12 bits per heavy atom. The molecule has 0 N–H and O–H groups in total. The van der Waals surface area contributed by atoms with Gasteiger partial charge >= 0.3 is 11.9 Å². The number of esters is 2. The lowest BCUT2D eigenvalue weighted by molar-refractivity contribution is -0.145. The summed E-state index contributed by atoms with van der Waals surface area (Å²) in [7, 11) is 1.28. The molecule has 2 rings (SSSR count). The average molecular weight is 361 g/mol. The lowest BCUT2D eigenvalue weighted by Crippen LogP contribution is -2.33. The fraction of sp³-hybridized carbons (Fsp3) is 0.278. The maximum Gasteiger partial charge on any atom is 0.340 e. The van der Waals surface area contributed by atoms with Gasteiger partial charge in [0.15, 0.2) is 0 Å². The summed E-state index contributed by atoms with van der Waals surface area (Å²) >= 11 is 1.24. The van der Waals surface area contributed by atoms with Crippen LogP contribution in [0.1, 0.15) is 29.3 Å². The number of carbonyl (C=O) groups excluding carboxylic acids is 3. The lowest BCUT2D eigenvalue weighted by Gasteiger charge is -2.22. The molecule has 0 unspecified atom stereocenters. The van der Waals surface area contributed by atoms with Crippen molar-refractivity contribution in [3.8, 4) is 0 Å². The standard InChI is InChI=1S/C18H19NO5S/c1-3-24-16(21)11-15(20)19(12-13-7-5-4-6-8-13)17-14(9-10-25-17)18(22)23-2/h4-10H,3,11-12H2,1-2H3. The summed E-state index contributed by atoms with van der Waals surface area (Å²) in [5, 5.41) is 2.15. The minimum atomic E-state index is -0.596. The van der Waals surface area contributed by atoms with Crippen molar-refractivity contribution in [1.29, 1.82) is 0 Å². The molecule has 1 heterocycles. The Morgan fingerprint density at radius 2 is 1.84 bits per heavy atom. The highest BCUT2D eigenvalue weighted by Gasteiger charge is 2.26. The van der Waals surface area contributed by atoms with Crippen molar-refractivity contribution in [3.63, 3.8) is 0 Å². The van der Waals surface area contributed by atoms with Gasteiger partial charge in [0.1, 0.15) is 11.4 Å². The first-order valence-corrected chi connectivity index (χ1v) is 8.60. The molecule has 0 aliphatic rings. The molecule has 0 atom stereocenters. The van der Waals surface area contributed by atoms with Crippen molar-refractivity contribution >= 4 is 34.2 Å². The van der Waals surface area contributed by atoms with Gasteiger partial charge in [0.2, 0.25) is 5.91 Å². The van der Waals surface area contributed by atoms with E-state index in [1.807, 2.05) is 30.3 Å². The zero-order chi connectivity index (χ0) is 18.2. The second-order valence-corrected chi connectivity index (χ2v) is 5.97. The number of hydrogen-bond donors (Lipinski definition) is 0. The number of methoxy groups -OCH3 is 1. The smallest absolute Gasteiger partial charge is 0.340 e. The van der Waals surface area contributed by atoms with E-state index >= 15 is 0 Å². The second-order valence-electron chi connectivity index (χ2n) is 5.08. The third-order valence-corrected chi connectivity index (χ3v) is 4.32. The van der Waals surface area contributed by atoms with Crippen LogP contribution in [0.4, 0.5) is 5.00 Å². The molecule has 25 heavy (non-hydrogen) atoms. The molecule has 0 bridgehead atoms. The molecule has 0 aliphatic carbocycles. The minimum absolute atomic E-state index is 0.206. The fourth-order valence-corrected chi connectivity index (χ4v) is 3.15. The van der Waals surface area contributed by atoms with Gasteiger partial charge in [0.05, 0.1) is 25.8 Å². The summed E-state index contributed by atoms with van der Waals surface area (Å²) in [6.45, 7) is 2.12. The third-order valence-electron chi connectivity index (χ3n) is 3.38. The van der Waals surface area contributed by atoms with E-state index in [2.05, 4.69) is 0 Å². The first-order valence-electron chi connectivity index (χ1n) is 7.72. The van der Waals surface area contributed by atoms with Gasteiger partial charge in [0.25, 0.3) is 0 Å². The quantitative estimate of drug-likeness (QED) is 0.560. The summed E-state index contributed by atoms with van der Waals surface area (Å²) in [6.07, 6.45) is -0.390. The SMILES string of the molecule is CCOC(=O)CC(=O)N(Cc1ccccc1)c1sccc1C(=O)OC. The number of thiophene rings is 1. The van der Waals surface area contributed by atoms with Gasteiger partial charge in [-0.25, -0.2) is 4.79 Å². The van der Waals surface area contributed by atoms with Crippen LogP contribution in [0.5, 0.6) is 0 Å². The van der Waals surface area contributed by atoms with Gasteiger partial charge in [0, 0.05) is 0 Å². The van der Waals surface area contributed by atoms with Gasteiger partial charge in [-0.05, 0) is 23.9 Å². The number of rotatable bonds is 7. The Hall–Kier alpha value is -2.67. The lowest BCUT2D eigenvalue weighted by atomic mass is 10.2. The number of amides is 1. The zero-order valence-electron chi connectivity index (χ0n) is 14.1. The molecule has 0 aliphatic heterocycles. The molecular weight excluding hydrogens is 342 g/mol. The van der Waals surface area contributed by atoms with Gasteiger partial charge in [-0.1, -0.05) is 30.3 Å². The van der Waals surface area contributed by atoms with Gasteiger partial charge < -0.3 is 9.47 Å². The summed E-state index contributed by atoms with van der Waals surface area (Å²) in [5.74, 6) is -1.56. The van der Waals surface area contributed by atoms with Crippen LogP contribution < -0.4 is 4.90 Å². The maximum absolute atomic E-state index is 12.7. The molecule has 2 aromatic rings. The Labute approximate surface area is 150 Å². The van der Waals surface area contributed by atoms with E-state index in [4.69, 9.17) is 9.47 Å². The van der Waals surface area contributed by atoms with Crippen molar-refractivity contribution in [2.75, 3.05) is 18.6 Å². The number of benzene rings is 1. The highest BCUT2D eigenvalue weighted by molar-refractivity contribution is 7.14. The van der Waals surface area contributed by atoms with Crippen LogP contribution in [0.15, 0.2) is 41.8 Å². The monoisotopic (exact) mass is 361 g/mol. The van der Waals surface area contributed by atoms with Crippen molar-refractivity contribution in [3.05, 3.63) is 52.9 Å². The van der Waals surface area contributed by atoms with Gasteiger partial charge in [-0.3, -0.25) is 14.5 Å². The van der Waals surface area contributed by atoms with Crippen molar-refractivity contribution in [2.24, 2.45) is 0 Å². The number of nitrogens with zero attached hydrogens (tertiary/aromatic N) is 1. The molecule has 6 nitrogen and oxygen atoms in total. The largest absolute Gasteiger partial charge is 0.466 e. The van der Waals surface area contributed by atoms with Crippen molar-refractivity contribution in [2.45, 2.75) is 19.9 Å². The Balaban J connectivity index is 2.32. The molecule has 0 spiro atoms. The molecule has 1 amide bonds. The van der Waals surface area contributed by atoms with E-state index in [0.717, 1.165) is 5.56 Å². The average Bonchev–Trinajstić information content (AvgIpc) is 3.09. The van der Waals surface area contributed by atoms with Crippen molar-refractivity contribution in [1.82, 2.24) is 0 Å². The molecule has 7 heteroatoms. The van der Waals surface area contributed by atoms with E-state index in [0.29, 0.717) is 10.6 Å². The fourth-order valence-electron chi connectivity index (χ4n) is 2.25. The van der Waals surface area contributed by atoms with Gasteiger partial charge in [-0.2, -0.15) is 0 Å². The summed E-state index contributed by atoms with van der Waals surface area (Å²) in [6, 6.07) is 10.9.